The van der Waals surface area contributed by atoms with Crippen LogP contribution in [0.3, 0.4) is 0 Å². The van der Waals surface area contributed by atoms with E-state index in [4.69, 9.17) is 14.2 Å². The number of fused-ring (bicyclic) bond motifs is 1. The summed E-state index contributed by atoms with van der Waals surface area (Å²) < 4.78 is 17.1. The molecule has 0 unspecified atom stereocenters. The Morgan fingerprint density at radius 1 is 1.11 bits per heavy atom. The van der Waals surface area contributed by atoms with Crippen molar-refractivity contribution in [3.8, 4) is 0 Å². The third-order valence-corrected chi connectivity index (χ3v) is 5.62. The number of amides is 2. The summed E-state index contributed by atoms with van der Waals surface area (Å²) in [6.45, 7) is 4.48. The molecule has 0 saturated carbocycles. The average Bonchev–Trinajstić information content (AvgIpc) is 2.65. The number of nitrogens with zero attached hydrogens (tertiary/aromatic N) is 1. The number of aliphatic hydroxyl groups is 1. The SMILES string of the molecule is CCNC(=O)C[C@@H]1CC[C@H]2[C@@H](COC[C@H](O)CN2C(=O)C2CCOCC2)O1. The Balaban J connectivity index is 1.67. The van der Waals surface area contributed by atoms with E-state index in [0.717, 1.165) is 19.3 Å². The lowest BCUT2D eigenvalue weighted by Crippen LogP contribution is -2.58. The Hall–Kier alpha value is -1.22. The van der Waals surface area contributed by atoms with E-state index in [1.165, 1.54) is 0 Å². The normalized spacial score (nSPS) is 32.9. The summed E-state index contributed by atoms with van der Waals surface area (Å²) >= 11 is 0. The fourth-order valence-corrected chi connectivity index (χ4v) is 4.25. The number of nitrogens with one attached hydrogen (secondary N) is 1. The lowest BCUT2D eigenvalue weighted by Gasteiger charge is -2.45. The van der Waals surface area contributed by atoms with E-state index in [2.05, 4.69) is 5.32 Å². The molecule has 4 atom stereocenters. The summed E-state index contributed by atoms with van der Waals surface area (Å²) in [5.41, 5.74) is 0. The molecular weight excluding hydrogens is 352 g/mol. The van der Waals surface area contributed by atoms with Crippen LogP contribution in [0.1, 0.15) is 39.0 Å². The molecule has 3 aliphatic rings. The minimum absolute atomic E-state index is 0.0155. The molecule has 154 valence electrons. The quantitative estimate of drug-likeness (QED) is 0.712. The molecule has 0 aromatic rings. The van der Waals surface area contributed by atoms with E-state index < -0.39 is 6.10 Å². The maximum absolute atomic E-state index is 13.2. The second kappa shape index (κ2) is 9.82. The molecule has 8 heteroatoms. The largest absolute Gasteiger partial charge is 0.389 e. The zero-order valence-corrected chi connectivity index (χ0v) is 16.1. The fraction of sp³-hybridized carbons (Fsp3) is 0.895. The molecule has 2 amide bonds. The Kier molecular flexibility index (Phi) is 7.46. The van der Waals surface area contributed by atoms with Gasteiger partial charge in [0.1, 0.15) is 6.10 Å². The molecule has 3 aliphatic heterocycles. The smallest absolute Gasteiger partial charge is 0.226 e. The van der Waals surface area contributed by atoms with Crippen LogP contribution in [0.4, 0.5) is 0 Å². The van der Waals surface area contributed by atoms with Crippen LogP contribution in [-0.4, -0.2) is 85.7 Å². The number of β-amino-alcohol motifs (C(OH)–C–C–N with tert-alkyl or cyclic N) is 1. The van der Waals surface area contributed by atoms with Gasteiger partial charge >= 0.3 is 0 Å². The molecule has 3 saturated heterocycles. The summed E-state index contributed by atoms with van der Waals surface area (Å²) in [5, 5.41) is 13.0. The van der Waals surface area contributed by atoms with E-state index in [-0.39, 0.29) is 49.1 Å². The summed E-state index contributed by atoms with van der Waals surface area (Å²) in [5.74, 6) is 0.0123. The number of carbonyl (C=O) groups excluding carboxylic acids is 2. The van der Waals surface area contributed by atoms with Gasteiger partial charge in [-0.25, -0.2) is 0 Å². The van der Waals surface area contributed by atoms with Crippen molar-refractivity contribution in [2.45, 2.75) is 63.4 Å². The summed E-state index contributed by atoms with van der Waals surface area (Å²) in [6.07, 6.45) is 2.11. The first kappa shape index (κ1) is 20.5. The van der Waals surface area contributed by atoms with Crippen LogP contribution in [0, 0.1) is 5.92 Å². The van der Waals surface area contributed by atoms with E-state index in [0.29, 0.717) is 39.2 Å². The highest BCUT2D eigenvalue weighted by atomic mass is 16.5. The summed E-state index contributed by atoms with van der Waals surface area (Å²) in [7, 11) is 0. The molecule has 0 aromatic carbocycles. The van der Waals surface area contributed by atoms with E-state index in [1.54, 1.807) is 0 Å². The summed E-state index contributed by atoms with van der Waals surface area (Å²) in [4.78, 5) is 26.9. The number of rotatable bonds is 4. The average molecular weight is 384 g/mol. The van der Waals surface area contributed by atoms with Gasteiger partial charge in [-0.3, -0.25) is 9.59 Å². The third-order valence-electron chi connectivity index (χ3n) is 5.62. The third kappa shape index (κ3) is 5.40. The van der Waals surface area contributed by atoms with Crippen molar-refractivity contribution in [1.29, 1.82) is 0 Å². The lowest BCUT2D eigenvalue weighted by molar-refractivity contribution is -0.173. The molecule has 8 nitrogen and oxygen atoms in total. The van der Waals surface area contributed by atoms with Gasteiger partial charge in [-0.15, -0.1) is 0 Å². The molecule has 3 rings (SSSR count). The predicted molar refractivity (Wildman–Crippen MR) is 97.1 cm³/mol. The molecule has 0 aliphatic carbocycles. The first-order valence-electron chi connectivity index (χ1n) is 10.1. The van der Waals surface area contributed by atoms with Gasteiger partial charge in [0.15, 0.2) is 0 Å². The number of aliphatic hydroxyl groups excluding tert-OH is 1. The number of hydrogen-bond donors (Lipinski definition) is 2. The number of hydrogen-bond acceptors (Lipinski definition) is 6. The van der Waals surface area contributed by atoms with Crippen molar-refractivity contribution >= 4 is 11.8 Å². The molecule has 0 aromatic heterocycles. The standard InChI is InChI=1S/C19H32N2O6/c1-2-20-18(23)9-15-3-4-16-17(27-15)12-26-11-14(22)10-21(16)19(24)13-5-7-25-8-6-13/h13-17,22H,2-12H2,1H3,(H,20,23)/t14-,15+,16+,17-/m1/s1. The molecule has 0 bridgehead atoms. The highest BCUT2D eigenvalue weighted by molar-refractivity contribution is 5.79. The fourth-order valence-electron chi connectivity index (χ4n) is 4.25. The van der Waals surface area contributed by atoms with E-state index in [9.17, 15) is 14.7 Å². The van der Waals surface area contributed by atoms with Crippen LogP contribution in [0.5, 0.6) is 0 Å². The molecule has 0 spiro atoms. The predicted octanol–water partition coefficient (Wildman–Crippen LogP) is 0.0751. The van der Waals surface area contributed by atoms with Crippen LogP contribution >= 0.6 is 0 Å². The topological polar surface area (TPSA) is 97.3 Å². The van der Waals surface area contributed by atoms with Gasteiger partial charge in [-0.05, 0) is 32.6 Å². The lowest BCUT2D eigenvalue weighted by atomic mass is 9.91. The van der Waals surface area contributed by atoms with Crippen LogP contribution in [0.15, 0.2) is 0 Å². The van der Waals surface area contributed by atoms with E-state index >= 15 is 0 Å². The van der Waals surface area contributed by atoms with Crippen LogP contribution < -0.4 is 5.32 Å². The molecule has 0 radical (unpaired) electrons. The van der Waals surface area contributed by atoms with Crippen molar-refractivity contribution in [2.75, 3.05) is 39.5 Å². The van der Waals surface area contributed by atoms with Crippen LogP contribution in [-0.2, 0) is 23.8 Å². The van der Waals surface area contributed by atoms with Gasteiger partial charge in [-0.2, -0.15) is 0 Å². The van der Waals surface area contributed by atoms with Crippen molar-refractivity contribution < 1.29 is 28.9 Å². The monoisotopic (exact) mass is 384 g/mol. The molecule has 3 fully saturated rings. The van der Waals surface area contributed by atoms with Crippen LogP contribution in [0.2, 0.25) is 0 Å². The van der Waals surface area contributed by atoms with Crippen molar-refractivity contribution in [3.05, 3.63) is 0 Å². The summed E-state index contributed by atoms with van der Waals surface area (Å²) in [6, 6.07) is -0.124. The number of ether oxygens (including phenoxy) is 3. The van der Waals surface area contributed by atoms with Crippen LogP contribution in [0.25, 0.3) is 0 Å². The van der Waals surface area contributed by atoms with Crippen molar-refractivity contribution in [3.63, 3.8) is 0 Å². The Morgan fingerprint density at radius 3 is 2.63 bits per heavy atom. The molecule has 27 heavy (non-hydrogen) atoms. The Bertz CT molecular complexity index is 510. The maximum Gasteiger partial charge on any atom is 0.226 e. The minimum Gasteiger partial charge on any atom is -0.389 e. The Morgan fingerprint density at radius 2 is 1.89 bits per heavy atom. The molecule has 2 N–H and O–H groups in total. The first-order valence-corrected chi connectivity index (χ1v) is 10.1. The van der Waals surface area contributed by atoms with E-state index in [1.807, 2.05) is 11.8 Å². The van der Waals surface area contributed by atoms with Gasteiger partial charge < -0.3 is 29.5 Å². The van der Waals surface area contributed by atoms with Gasteiger partial charge in [0.2, 0.25) is 11.8 Å². The number of carbonyl (C=O) groups is 2. The maximum atomic E-state index is 13.2. The van der Waals surface area contributed by atoms with Gasteiger partial charge in [0.25, 0.3) is 0 Å². The highest BCUT2D eigenvalue weighted by Gasteiger charge is 2.41. The molecular formula is C19H32N2O6. The first-order chi connectivity index (χ1) is 13.1. The zero-order valence-electron chi connectivity index (χ0n) is 16.1. The molecule has 3 heterocycles. The highest BCUT2D eigenvalue weighted by Crippen LogP contribution is 2.30. The van der Waals surface area contributed by atoms with Gasteiger partial charge in [-0.1, -0.05) is 0 Å². The van der Waals surface area contributed by atoms with Crippen molar-refractivity contribution in [2.24, 2.45) is 5.92 Å². The van der Waals surface area contributed by atoms with Gasteiger partial charge in [0, 0.05) is 32.2 Å². The Labute approximate surface area is 160 Å². The van der Waals surface area contributed by atoms with Gasteiger partial charge in [0.05, 0.1) is 37.9 Å². The second-order valence-electron chi connectivity index (χ2n) is 7.67. The van der Waals surface area contributed by atoms with Crippen molar-refractivity contribution in [1.82, 2.24) is 10.2 Å². The minimum atomic E-state index is -0.692. The zero-order chi connectivity index (χ0) is 19.2. The second-order valence-corrected chi connectivity index (χ2v) is 7.67.